The van der Waals surface area contributed by atoms with Gasteiger partial charge < -0.3 is 0 Å². The maximum absolute atomic E-state index is 13.6. The Morgan fingerprint density at radius 3 is 2.62 bits per heavy atom. The number of hydrogen-bond acceptors (Lipinski definition) is 2. The number of likely N-dealkylation sites (tertiary alicyclic amines) is 1. The summed E-state index contributed by atoms with van der Waals surface area (Å²) in [6.45, 7) is 7.07. The third-order valence-electron chi connectivity index (χ3n) is 2.88. The van der Waals surface area contributed by atoms with Crippen LogP contribution in [0.25, 0.3) is 0 Å². The standard InChI is InChI=1S/C13H15FN2/c1-13(2)8-16(9-13)7-11-4-3-10(6-15)5-12(11)14/h3-5H,7-9H2,1-2H3. The van der Waals surface area contributed by atoms with E-state index in [1.54, 1.807) is 12.1 Å². The second-order valence-electron chi connectivity index (χ2n) is 5.23. The second kappa shape index (κ2) is 3.88. The Morgan fingerprint density at radius 1 is 1.44 bits per heavy atom. The van der Waals surface area contributed by atoms with E-state index in [4.69, 9.17) is 5.26 Å². The largest absolute Gasteiger partial charge is 0.298 e. The van der Waals surface area contributed by atoms with Gasteiger partial charge in [-0.2, -0.15) is 5.26 Å². The summed E-state index contributed by atoms with van der Waals surface area (Å²) in [4.78, 5) is 2.21. The summed E-state index contributed by atoms with van der Waals surface area (Å²) < 4.78 is 13.6. The summed E-state index contributed by atoms with van der Waals surface area (Å²) in [5.74, 6) is -0.274. The van der Waals surface area contributed by atoms with Crippen LogP contribution in [0.4, 0.5) is 4.39 Å². The highest BCUT2D eigenvalue weighted by Gasteiger charge is 2.33. The van der Waals surface area contributed by atoms with Crippen LogP contribution in [0.1, 0.15) is 25.0 Å². The number of nitrogens with zero attached hydrogens (tertiary/aromatic N) is 2. The van der Waals surface area contributed by atoms with Crippen LogP contribution < -0.4 is 0 Å². The molecular weight excluding hydrogens is 203 g/mol. The summed E-state index contributed by atoms with van der Waals surface area (Å²) in [5, 5.41) is 8.63. The van der Waals surface area contributed by atoms with Crippen LogP contribution in [0, 0.1) is 22.6 Å². The predicted octanol–water partition coefficient (Wildman–Crippen LogP) is 2.54. The summed E-state index contributed by atoms with van der Waals surface area (Å²) in [5.41, 5.74) is 1.42. The Balaban J connectivity index is 2.04. The van der Waals surface area contributed by atoms with Crippen molar-refractivity contribution in [2.75, 3.05) is 13.1 Å². The van der Waals surface area contributed by atoms with Crippen LogP contribution in [0.2, 0.25) is 0 Å². The maximum atomic E-state index is 13.6. The first-order chi connectivity index (χ1) is 7.50. The highest BCUT2D eigenvalue weighted by Crippen LogP contribution is 2.30. The quantitative estimate of drug-likeness (QED) is 0.762. The highest BCUT2D eigenvalue weighted by atomic mass is 19.1. The molecular formula is C13H15FN2. The Bertz CT molecular complexity index is 438. The molecule has 0 amide bonds. The molecule has 1 heterocycles. The first kappa shape index (κ1) is 11.1. The molecule has 0 saturated carbocycles. The van der Waals surface area contributed by atoms with E-state index in [2.05, 4.69) is 18.7 Å². The molecule has 2 rings (SSSR count). The van der Waals surface area contributed by atoms with Crippen LogP contribution in [0.5, 0.6) is 0 Å². The fourth-order valence-electron chi connectivity index (χ4n) is 2.26. The van der Waals surface area contributed by atoms with E-state index in [0.717, 1.165) is 13.1 Å². The lowest BCUT2D eigenvalue weighted by molar-refractivity contribution is 0.0234. The first-order valence-electron chi connectivity index (χ1n) is 5.41. The molecule has 0 spiro atoms. The van der Waals surface area contributed by atoms with Crippen LogP contribution in [0.3, 0.4) is 0 Å². The van der Waals surface area contributed by atoms with Gasteiger partial charge in [-0.05, 0) is 17.5 Å². The fraction of sp³-hybridized carbons (Fsp3) is 0.462. The number of halogens is 1. The van der Waals surface area contributed by atoms with Gasteiger partial charge >= 0.3 is 0 Å². The van der Waals surface area contributed by atoms with Crippen molar-refractivity contribution < 1.29 is 4.39 Å². The molecule has 16 heavy (non-hydrogen) atoms. The van der Waals surface area contributed by atoms with Crippen molar-refractivity contribution in [1.29, 1.82) is 5.26 Å². The molecule has 1 fully saturated rings. The minimum atomic E-state index is -0.274. The van der Waals surface area contributed by atoms with Crippen LogP contribution in [-0.4, -0.2) is 18.0 Å². The van der Waals surface area contributed by atoms with Crippen LogP contribution >= 0.6 is 0 Å². The number of rotatable bonds is 2. The van der Waals surface area contributed by atoms with Gasteiger partial charge in [0.05, 0.1) is 11.6 Å². The van der Waals surface area contributed by atoms with Crippen molar-refractivity contribution in [2.24, 2.45) is 5.41 Å². The molecule has 1 aromatic carbocycles. The second-order valence-corrected chi connectivity index (χ2v) is 5.23. The molecule has 0 atom stereocenters. The average molecular weight is 218 g/mol. The molecule has 0 aliphatic carbocycles. The number of hydrogen-bond donors (Lipinski definition) is 0. The Hall–Kier alpha value is -1.40. The molecule has 0 bridgehead atoms. The molecule has 0 aromatic heterocycles. The van der Waals surface area contributed by atoms with Gasteiger partial charge in [-0.3, -0.25) is 4.90 Å². The Kier molecular flexibility index (Phi) is 2.69. The van der Waals surface area contributed by atoms with Crippen molar-refractivity contribution >= 4 is 0 Å². The maximum Gasteiger partial charge on any atom is 0.129 e. The van der Waals surface area contributed by atoms with Crippen LogP contribution in [-0.2, 0) is 6.54 Å². The smallest absolute Gasteiger partial charge is 0.129 e. The summed E-state index contributed by atoms with van der Waals surface area (Å²) in [7, 11) is 0. The monoisotopic (exact) mass is 218 g/mol. The van der Waals surface area contributed by atoms with Gasteiger partial charge in [0.1, 0.15) is 5.82 Å². The van der Waals surface area contributed by atoms with Crippen molar-refractivity contribution in [3.63, 3.8) is 0 Å². The highest BCUT2D eigenvalue weighted by molar-refractivity contribution is 5.32. The van der Waals surface area contributed by atoms with Gasteiger partial charge in [-0.1, -0.05) is 19.9 Å². The third kappa shape index (κ3) is 2.23. The van der Waals surface area contributed by atoms with E-state index in [-0.39, 0.29) is 5.82 Å². The van der Waals surface area contributed by atoms with E-state index in [9.17, 15) is 4.39 Å². The average Bonchev–Trinajstić information content (AvgIpc) is 2.18. The van der Waals surface area contributed by atoms with E-state index in [1.165, 1.54) is 6.07 Å². The van der Waals surface area contributed by atoms with Gasteiger partial charge in [-0.25, -0.2) is 4.39 Å². The molecule has 1 saturated heterocycles. The first-order valence-corrected chi connectivity index (χ1v) is 5.41. The molecule has 1 aliphatic rings. The fourth-order valence-corrected chi connectivity index (χ4v) is 2.26. The van der Waals surface area contributed by atoms with Gasteiger partial charge in [0.25, 0.3) is 0 Å². The van der Waals surface area contributed by atoms with Gasteiger partial charge in [-0.15, -0.1) is 0 Å². The van der Waals surface area contributed by atoms with Crippen molar-refractivity contribution in [2.45, 2.75) is 20.4 Å². The third-order valence-corrected chi connectivity index (χ3v) is 2.88. The zero-order valence-corrected chi connectivity index (χ0v) is 9.63. The van der Waals surface area contributed by atoms with Crippen molar-refractivity contribution in [3.05, 3.63) is 35.1 Å². The molecule has 0 radical (unpaired) electrons. The topological polar surface area (TPSA) is 27.0 Å². The van der Waals surface area contributed by atoms with E-state index < -0.39 is 0 Å². The molecule has 0 N–H and O–H groups in total. The minimum Gasteiger partial charge on any atom is -0.298 e. The van der Waals surface area contributed by atoms with Crippen molar-refractivity contribution in [3.8, 4) is 6.07 Å². The summed E-state index contributed by atoms with van der Waals surface area (Å²) in [6, 6.07) is 6.62. The number of benzene rings is 1. The van der Waals surface area contributed by atoms with E-state index in [0.29, 0.717) is 23.1 Å². The Morgan fingerprint density at radius 2 is 2.12 bits per heavy atom. The lowest BCUT2D eigenvalue weighted by Crippen LogP contribution is -2.52. The molecule has 2 nitrogen and oxygen atoms in total. The van der Waals surface area contributed by atoms with E-state index in [1.807, 2.05) is 6.07 Å². The summed E-state index contributed by atoms with van der Waals surface area (Å²) >= 11 is 0. The molecule has 3 heteroatoms. The SMILES string of the molecule is CC1(C)CN(Cc2ccc(C#N)cc2F)C1. The predicted molar refractivity (Wildman–Crippen MR) is 60.2 cm³/mol. The molecule has 0 unspecified atom stereocenters. The van der Waals surface area contributed by atoms with Crippen LogP contribution in [0.15, 0.2) is 18.2 Å². The molecule has 1 aromatic rings. The molecule has 1 aliphatic heterocycles. The van der Waals surface area contributed by atoms with Crippen molar-refractivity contribution in [1.82, 2.24) is 4.90 Å². The lowest BCUT2D eigenvalue weighted by Gasteiger charge is -2.46. The van der Waals surface area contributed by atoms with Gasteiger partial charge in [0.15, 0.2) is 0 Å². The lowest BCUT2D eigenvalue weighted by atomic mass is 9.84. The summed E-state index contributed by atoms with van der Waals surface area (Å²) in [6.07, 6.45) is 0. The minimum absolute atomic E-state index is 0.274. The van der Waals surface area contributed by atoms with Gasteiger partial charge in [0, 0.05) is 25.2 Å². The van der Waals surface area contributed by atoms with E-state index >= 15 is 0 Å². The normalized spacial score (nSPS) is 18.9. The molecule has 84 valence electrons. The van der Waals surface area contributed by atoms with Gasteiger partial charge in [0.2, 0.25) is 0 Å². The zero-order valence-electron chi connectivity index (χ0n) is 9.63. The Labute approximate surface area is 95.3 Å². The zero-order chi connectivity index (χ0) is 11.8. The number of nitriles is 1.